The van der Waals surface area contributed by atoms with Crippen molar-refractivity contribution in [3.63, 3.8) is 0 Å². The highest BCUT2D eigenvalue weighted by atomic mass is 35.5. The van der Waals surface area contributed by atoms with Gasteiger partial charge in [0.25, 0.3) is 5.56 Å². The summed E-state index contributed by atoms with van der Waals surface area (Å²) in [5, 5.41) is 18.5. The molecule has 64 heavy (non-hydrogen) atoms. The highest BCUT2D eigenvalue weighted by Gasteiger charge is 2.44. The van der Waals surface area contributed by atoms with Gasteiger partial charge in [-0.1, -0.05) is 79.0 Å². The molecule has 2 saturated heterocycles. The number of carbonyl (C=O) groups excluding carboxylic acids is 2. The summed E-state index contributed by atoms with van der Waals surface area (Å²) in [5.41, 5.74) is 8.74. The van der Waals surface area contributed by atoms with Gasteiger partial charge in [0.05, 0.1) is 61.8 Å². The van der Waals surface area contributed by atoms with Crippen LogP contribution in [0.3, 0.4) is 0 Å². The van der Waals surface area contributed by atoms with Crippen LogP contribution in [0.2, 0.25) is 5.02 Å². The number of nitrogens with one attached hydrogen (secondary N) is 1. The molecule has 4 atom stereocenters. The van der Waals surface area contributed by atoms with Crippen molar-refractivity contribution in [3.05, 3.63) is 127 Å². The van der Waals surface area contributed by atoms with Crippen molar-refractivity contribution in [2.75, 3.05) is 26.2 Å². The SMILES string of the molecule is Cc1cc(C(C(=O)N2C[C@H](O)C[C@H]2C(=O)N[C@@H](C)c2ccc(-c3scnc3C#CCN3CCC(c4ccc5c(c4)C(C)(C)c4nc(=O)c6c(Cl)cccc6n4-5)CC3)cc2)C(C)C)on1. The Labute approximate surface area is 381 Å². The molecule has 0 radical (unpaired) electrons. The van der Waals surface area contributed by atoms with Crippen molar-refractivity contribution in [1.82, 2.24) is 34.8 Å². The van der Waals surface area contributed by atoms with Crippen LogP contribution in [0.25, 0.3) is 27.0 Å². The number of amides is 2. The fourth-order valence-electron chi connectivity index (χ4n) is 9.78. The molecule has 3 aromatic heterocycles. The molecule has 0 bridgehead atoms. The molecule has 2 N–H and O–H groups in total. The molecule has 330 valence electrons. The number of hydrogen-bond acceptors (Lipinski definition) is 10. The van der Waals surface area contributed by atoms with Crippen LogP contribution in [-0.2, 0) is 15.0 Å². The molecule has 14 heteroatoms. The number of benzene rings is 3. The lowest BCUT2D eigenvalue weighted by Crippen LogP contribution is -2.48. The lowest BCUT2D eigenvalue weighted by Gasteiger charge is -2.31. The Bertz CT molecular complexity index is 2880. The quantitative estimate of drug-likeness (QED) is 0.138. The number of hydrogen-bond donors (Lipinski definition) is 2. The van der Waals surface area contributed by atoms with Crippen molar-refractivity contribution in [2.24, 2.45) is 5.92 Å². The standard InChI is InChI=1S/C50H52ClN7O5S/c1-28(2)43(42-23-29(3)55-63-42)48(62)57-26-35(59)25-41(57)46(60)53-30(4)31-12-14-33(15-13-31)45-38(52-27-64-45)10-8-20-56-21-18-32(19-22-56)34-16-17-39-36(24-34)50(5,6)49-54-47(61)44-37(51)9-7-11-40(44)58(39)49/h7,9,11-17,23-24,27-28,30,32,35,41,43,59H,18-22,25-26H2,1-6H3,(H,53,60)/t30-,35+,41-,43?/m0/s1. The van der Waals surface area contributed by atoms with E-state index in [4.69, 9.17) is 16.1 Å². The Kier molecular flexibility index (Phi) is 11.8. The van der Waals surface area contributed by atoms with Crippen molar-refractivity contribution in [3.8, 4) is 28.0 Å². The molecule has 0 aliphatic carbocycles. The van der Waals surface area contributed by atoms with Crippen LogP contribution in [-0.4, -0.2) is 84.7 Å². The highest BCUT2D eigenvalue weighted by molar-refractivity contribution is 7.13. The fourth-order valence-corrected chi connectivity index (χ4v) is 10.8. The summed E-state index contributed by atoms with van der Waals surface area (Å²) in [5.74, 6) is 7.08. The second-order valence-electron chi connectivity index (χ2n) is 18.3. The van der Waals surface area contributed by atoms with E-state index in [2.05, 4.69) is 73.8 Å². The number of β-amino-alcohol motifs (C(OH)–C–C–N with tert-alkyl or cyclic N) is 1. The van der Waals surface area contributed by atoms with Crippen LogP contribution in [0.15, 0.2) is 81.6 Å². The van der Waals surface area contributed by atoms with Crippen LogP contribution >= 0.6 is 22.9 Å². The van der Waals surface area contributed by atoms with Gasteiger partial charge >= 0.3 is 0 Å². The molecule has 1 unspecified atom stereocenters. The molecule has 3 aromatic carbocycles. The molecule has 6 aromatic rings. The van der Waals surface area contributed by atoms with Crippen LogP contribution in [0.1, 0.15) is 111 Å². The predicted octanol–water partition coefficient (Wildman–Crippen LogP) is 7.91. The summed E-state index contributed by atoms with van der Waals surface area (Å²) in [4.78, 5) is 54.6. The number of aliphatic hydroxyl groups excluding tert-OH is 1. The number of nitrogens with zero attached hydrogens (tertiary/aromatic N) is 6. The number of piperidine rings is 1. The fraction of sp³-hybridized carbons (Fsp3) is 0.400. The van der Waals surface area contributed by atoms with Gasteiger partial charge in [-0.3, -0.25) is 23.9 Å². The van der Waals surface area contributed by atoms with Crippen molar-refractivity contribution < 1.29 is 19.2 Å². The molecule has 3 aliphatic heterocycles. The van der Waals surface area contributed by atoms with E-state index in [0.717, 1.165) is 64.7 Å². The second kappa shape index (κ2) is 17.4. The molecule has 2 amide bonds. The Morgan fingerprint density at radius 2 is 1.83 bits per heavy atom. The van der Waals surface area contributed by atoms with Gasteiger partial charge in [0, 0.05) is 19.0 Å². The van der Waals surface area contributed by atoms with Gasteiger partial charge in [0.2, 0.25) is 11.8 Å². The van der Waals surface area contributed by atoms with Crippen molar-refractivity contribution >= 4 is 45.7 Å². The van der Waals surface area contributed by atoms with E-state index in [-0.39, 0.29) is 42.3 Å². The minimum absolute atomic E-state index is 0.0829. The minimum atomic E-state index is -0.800. The molecule has 0 spiro atoms. The predicted molar refractivity (Wildman–Crippen MR) is 249 cm³/mol. The number of likely N-dealkylation sites (tertiary alicyclic amines) is 2. The first-order valence-corrected chi connectivity index (χ1v) is 23.3. The first-order chi connectivity index (χ1) is 30.7. The van der Waals surface area contributed by atoms with E-state index in [0.29, 0.717) is 34.3 Å². The zero-order valence-corrected chi connectivity index (χ0v) is 38.5. The zero-order chi connectivity index (χ0) is 45.0. The van der Waals surface area contributed by atoms with E-state index in [1.54, 1.807) is 30.4 Å². The molecule has 6 heterocycles. The average Bonchev–Trinajstić information content (AvgIpc) is 4.07. The minimum Gasteiger partial charge on any atom is -0.391 e. The van der Waals surface area contributed by atoms with Gasteiger partial charge in [-0.2, -0.15) is 4.98 Å². The maximum Gasteiger partial charge on any atom is 0.282 e. The largest absolute Gasteiger partial charge is 0.391 e. The van der Waals surface area contributed by atoms with E-state index in [9.17, 15) is 19.5 Å². The number of rotatable bonds is 9. The van der Waals surface area contributed by atoms with Crippen LogP contribution in [0, 0.1) is 24.7 Å². The Morgan fingerprint density at radius 3 is 2.55 bits per heavy atom. The monoisotopic (exact) mass is 897 g/mol. The number of aliphatic hydroxyl groups is 1. The Balaban J connectivity index is 0.806. The summed E-state index contributed by atoms with van der Waals surface area (Å²) in [6, 6.07) is 20.9. The smallest absolute Gasteiger partial charge is 0.282 e. The average molecular weight is 899 g/mol. The van der Waals surface area contributed by atoms with E-state index in [1.165, 1.54) is 16.0 Å². The number of fused-ring (bicyclic) bond motifs is 5. The topological polar surface area (TPSA) is 147 Å². The van der Waals surface area contributed by atoms with Crippen LogP contribution in [0.5, 0.6) is 0 Å². The molecular weight excluding hydrogens is 846 g/mol. The molecule has 9 rings (SSSR count). The molecule has 2 fully saturated rings. The number of aromatic nitrogens is 4. The molecular formula is C50H52ClN7O5S. The lowest BCUT2D eigenvalue weighted by atomic mass is 9.81. The number of aryl methyl sites for hydroxylation is 1. The van der Waals surface area contributed by atoms with Crippen LogP contribution in [0.4, 0.5) is 0 Å². The maximum atomic E-state index is 13.8. The maximum absolute atomic E-state index is 13.8. The summed E-state index contributed by atoms with van der Waals surface area (Å²) in [6.45, 7) is 14.5. The first-order valence-electron chi connectivity index (χ1n) is 22.0. The summed E-state index contributed by atoms with van der Waals surface area (Å²) >= 11 is 8.02. The molecule has 0 saturated carbocycles. The van der Waals surface area contributed by atoms with E-state index >= 15 is 0 Å². The third kappa shape index (κ3) is 8.06. The van der Waals surface area contributed by atoms with Gasteiger partial charge in [-0.15, -0.1) is 11.3 Å². The second-order valence-corrected chi connectivity index (χ2v) is 19.6. The highest BCUT2D eigenvalue weighted by Crippen LogP contribution is 2.45. The zero-order valence-electron chi connectivity index (χ0n) is 36.9. The van der Waals surface area contributed by atoms with Gasteiger partial charge in [-0.05, 0) is 112 Å². The number of carbonyl (C=O) groups is 2. The summed E-state index contributed by atoms with van der Waals surface area (Å²) in [7, 11) is 0. The van der Waals surface area contributed by atoms with Crippen LogP contribution < -0.4 is 10.9 Å². The van der Waals surface area contributed by atoms with Gasteiger partial charge < -0.3 is 19.8 Å². The third-order valence-corrected chi connectivity index (χ3v) is 14.5. The van der Waals surface area contributed by atoms with Crippen molar-refractivity contribution in [1.29, 1.82) is 0 Å². The molecule has 12 nitrogen and oxygen atoms in total. The summed E-state index contributed by atoms with van der Waals surface area (Å²) < 4.78 is 7.57. The normalized spacial score (nSPS) is 19.3. The van der Waals surface area contributed by atoms with E-state index in [1.807, 2.05) is 62.7 Å². The van der Waals surface area contributed by atoms with Crippen molar-refractivity contribution in [2.45, 2.75) is 96.2 Å². The third-order valence-electron chi connectivity index (χ3n) is 13.3. The summed E-state index contributed by atoms with van der Waals surface area (Å²) in [6.07, 6.45) is 1.42. The van der Waals surface area contributed by atoms with Gasteiger partial charge in [0.15, 0.2) is 0 Å². The number of thiazole rings is 1. The van der Waals surface area contributed by atoms with E-state index < -0.39 is 23.5 Å². The lowest BCUT2D eigenvalue weighted by molar-refractivity contribution is -0.141. The van der Waals surface area contributed by atoms with Gasteiger partial charge in [0.1, 0.15) is 29.2 Å². The first kappa shape index (κ1) is 43.6. The Hall–Kier alpha value is -5.65. The van der Waals surface area contributed by atoms with Gasteiger partial charge in [-0.25, -0.2) is 4.98 Å². The Morgan fingerprint density at radius 1 is 1.06 bits per heavy atom. The number of halogens is 1. The molecule has 3 aliphatic rings.